The maximum atomic E-state index is 13.5. The van der Waals surface area contributed by atoms with Gasteiger partial charge in [0.25, 0.3) is 5.91 Å². The molecule has 3 heterocycles. The monoisotopic (exact) mass is 502 g/mol. The van der Waals surface area contributed by atoms with Gasteiger partial charge in [0.2, 0.25) is 0 Å². The SMILES string of the molecule is COc1ccc(Cl)c2sc(N(CCN3CCOCC3)C(=O)c3sc(C)nc3C)nc12.Cl. The highest BCUT2D eigenvalue weighted by Crippen LogP contribution is 2.39. The summed E-state index contributed by atoms with van der Waals surface area (Å²) in [5, 5.41) is 2.08. The van der Waals surface area contributed by atoms with Gasteiger partial charge in [-0.25, -0.2) is 9.97 Å². The van der Waals surface area contributed by atoms with Crippen LogP contribution in [-0.2, 0) is 4.74 Å². The summed E-state index contributed by atoms with van der Waals surface area (Å²) in [6.07, 6.45) is 0. The Balaban J connectivity index is 0.00000272. The number of carbonyl (C=O) groups excluding carboxylic acids is 1. The summed E-state index contributed by atoms with van der Waals surface area (Å²) in [6, 6.07) is 3.59. The largest absolute Gasteiger partial charge is 0.494 e. The van der Waals surface area contributed by atoms with Crippen LogP contribution in [0.2, 0.25) is 5.02 Å². The van der Waals surface area contributed by atoms with Crippen LogP contribution in [0, 0.1) is 13.8 Å². The molecule has 1 aliphatic rings. The second kappa shape index (κ2) is 10.4. The lowest BCUT2D eigenvalue weighted by molar-refractivity contribution is 0.0391. The van der Waals surface area contributed by atoms with Gasteiger partial charge in [0, 0.05) is 26.2 Å². The Bertz CT molecular complexity index is 1070. The molecule has 0 N–H and O–H groups in total. The van der Waals surface area contributed by atoms with Crippen molar-refractivity contribution < 1.29 is 14.3 Å². The fraction of sp³-hybridized carbons (Fsp3) is 0.450. The number of hydrogen-bond acceptors (Lipinski definition) is 8. The molecule has 1 aromatic carbocycles. The molecule has 0 atom stereocenters. The summed E-state index contributed by atoms with van der Waals surface area (Å²) in [5.74, 6) is 0.558. The zero-order valence-corrected chi connectivity index (χ0v) is 20.7. The lowest BCUT2D eigenvalue weighted by Crippen LogP contribution is -2.43. The van der Waals surface area contributed by atoms with Gasteiger partial charge in [-0.05, 0) is 26.0 Å². The molecule has 0 saturated carbocycles. The predicted molar refractivity (Wildman–Crippen MR) is 129 cm³/mol. The fourth-order valence-electron chi connectivity index (χ4n) is 3.42. The number of amides is 1. The molecule has 4 rings (SSSR count). The number of nitrogens with zero attached hydrogens (tertiary/aromatic N) is 4. The molecule has 1 amide bonds. The average Bonchev–Trinajstić information content (AvgIpc) is 3.33. The zero-order valence-electron chi connectivity index (χ0n) is 17.5. The van der Waals surface area contributed by atoms with Gasteiger partial charge in [-0.1, -0.05) is 22.9 Å². The van der Waals surface area contributed by atoms with Crippen LogP contribution in [0.5, 0.6) is 5.75 Å². The molecule has 168 valence electrons. The van der Waals surface area contributed by atoms with E-state index in [0.717, 1.165) is 48.2 Å². The molecule has 0 radical (unpaired) electrons. The van der Waals surface area contributed by atoms with E-state index in [9.17, 15) is 4.79 Å². The molecule has 1 saturated heterocycles. The standard InChI is InChI=1S/C20H23ClN4O3S2.ClH/c1-12-17(29-13(2)22-12)19(26)25(7-6-24-8-10-28-11-9-24)20-23-16-15(27-3)5-4-14(21)18(16)30-20;/h4-5H,6-11H2,1-3H3;1H. The highest BCUT2D eigenvalue weighted by atomic mass is 35.5. The number of ether oxygens (including phenoxy) is 2. The number of anilines is 1. The van der Waals surface area contributed by atoms with E-state index in [2.05, 4.69) is 9.88 Å². The Kier molecular flexibility index (Phi) is 8.12. The average molecular weight is 503 g/mol. The van der Waals surface area contributed by atoms with E-state index < -0.39 is 0 Å². The van der Waals surface area contributed by atoms with Crippen LogP contribution in [0.15, 0.2) is 12.1 Å². The first kappa shape index (κ1) is 24.2. The van der Waals surface area contributed by atoms with Gasteiger partial charge in [0.05, 0.1) is 40.7 Å². The van der Waals surface area contributed by atoms with Crippen molar-refractivity contribution in [2.24, 2.45) is 0 Å². The summed E-state index contributed by atoms with van der Waals surface area (Å²) in [4.78, 5) is 27.4. The van der Waals surface area contributed by atoms with E-state index in [0.29, 0.717) is 32.8 Å². The van der Waals surface area contributed by atoms with Crippen molar-refractivity contribution >= 4 is 67.9 Å². The Morgan fingerprint density at radius 2 is 2.00 bits per heavy atom. The van der Waals surface area contributed by atoms with E-state index in [1.54, 1.807) is 24.1 Å². The molecular weight excluding hydrogens is 479 g/mol. The number of halogens is 2. The first-order valence-corrected chi connectivity index (χ1v) is 11.7. The minimum Gasteiger partial charge on any atom is -0.494 e. The van der Waals surface area contributed by atoms with Crippen LogP contribution in [0.3, 0.4) is 0 Å². The van der Waals surface area contributed by atoms with E-state index >= 15 is 0 Å². The minimum atomic E-state index is -0.0829. The third-order valence-electron chi connectivity index (χ3n) is 4.98. The van der Waals surface area contributed by atoms with Gasteiger partial charge in [0.15, 0.2) is 5.13 Å². The molecule has 1 aliphatic heterocycles. The Morgan fingerprint density at radius 1 is 1.26 bits per heavy atom. The van der Waals surface area contributed by atoms with E-state index in [1.165, 1.54) is 22.7 Å². The summed E-state index contributed by atoms with van der Waals surface area (Å²) in [5.41, 5.74) is 1.42. The summed E-state index contributed by atoms with van der Waals surface area (Å²) in [6.45, 7) is 8.20. The second-order valence-corrected chi connectivity index (χ2v) is 9.57. The van der Waals surface area contributed by atoms with Crippen LogP contribution in [0.25, 0.3) is 10.2 Å². The molecule has 0 unspecified atom stereocenters. The van der Waals surface area contributed by atoms with Crippen molar-refractivity contribution in [1.82, 2.24) is 14.9 Å². The number of carbonyl (C=O) groups is 1. The van der Waals surface area contributed by atoms with Crippen molar-refractivity contribution in [2.45, 2.75) is 13.8 Å². The van der Waals surface area contributed by atoms with Crippen molar-refractivity contribution in [1.29, 1.82) is 0 Å². The van der Waals surface area contributed by atoms with E-state index in [4.69, 9.17) is 26.1 Å². The maximum absolute atomic E-state index is 13.5. The van der Waals surface area contributed by atoms with Crippen LogP contribution >= 0.6 is 46.7 Å². The number of thiazole rings is 2. The molecule has 31 heavy (non-hydrogen) atoms. The fourth-order valence-corrected chi connectivity index (χ4v) is 5.57. The first-order chi connectivity index (χ1) is 14.5. The molecule has 2 aromatic heterocycles. The number of aromatic nitrogens is 2. The molecule has 11 heteroatoms. The Hall–Kier alpha value is -1.49. The van der Waals surface area contributed by atoms with Crippen molar-refractivity contribution in [3.63, 3.8) is 0 Å². The van der Waals surface area contributed by atoms with Gasteiger partial charge in [-0.3, -0.25) is 14.6 Å². The number of hydrogen-bond donors (Lipinski definition) is 0. The van der Waals surface area contributed by atoms with Crippen LogP contribution in [0.4, 0.5) is 5.13 Å². The highest BCUT2D eigenvalue weighted by molar-refractivity contribution is 7.23. The van der Waals surface area contributed by atoms with Crippen LogP contribution in [-0.4, -0.2) is 67.3 Å². The Labute approximate surface area is 200 Å². The van der Waals surface area contributed by atoms with Crippen molar-refractivity contribution in [2.75, 3.05) is 51.4 Å². The van der Waals surface area contributed by atoms with Gasteiger partial charge >= 0.3 is 0 Å². The first-order valence-electron chi connectivity index (χ1n) is 9.67. The summed E-state index contributed by atoms with van der Waals surface area (Å²) in [7, 11) is 1.60. The lowest BCUT2D eigenvalue weighted by Gasteiger charge is -2.29. The van der Waals surface area contributed by atoms with Gasteiger partial charge < -0.3 is 9.47 Å². The summed E-state index contributed by atoms with van der Waals surface area (Å²) < 4.78 is 11.7. The van der Waals surface area contributed by atoms with Gasteiger partial charge in [-0.2, -0.15) is 0 Å². The third-order valence-corrected chi connectivity index (χ3v) is 7.58. The molecule has 1 fully saturated rings. The normalized spacial score (nSPS) is 14.5. The topological polar surface area (TPSA) is 67.8 Å². The molecule has 0 spiro atoms. The predicted octanol–water partition coefficient (Wildman–Crippen LogP) is 4.43. The smallest absolute Gasteiger partial charge is 0.272 e. The van der Waals surface area contributed by atoms with Gasteiger partial charge in [0.1, 0.15) is 16.1 Å². The van der Waals surface area contributed by atoms with Crippen molar-refractivity contribution in [3.8, 4) is 5.75 Å². The van der Waals surface area contributed by atoms with Crippen LogP contribution in [0.1, 0.15) is 20.4 Å². The number of methoxy groups -OCH3 is 1. The number of benzene rings is 1. The second-order valence-electron chi connectivity index (χ2n) is 6.98. The third kappa shape index (κ3) is 5.13. The van der Waals surface area contributed by atoms with Crippen molar-refractivity contribution in [3.05, 3.63) is 32.7 Å². The van der Waals surface area contributed by atoms with E-state index in [1.807, 2.05) is 13.8 Å². The lowest BCUT2D eigenvalue weighted by atomic mass is 10.3. The molecule has 3 aromatic rings. The zero-order chi connectivity index (χ0) is 21.3. The van der Waals surface area contributed by atoms with Gasteiger partial charge in [-0.15, -0.1) is 23.7 Å². The maximum Gasteiger partial charge on any atom is 0.272 e. The number of rotatable bonds is 6. The summed E-state index contributed by atoms with van der Waals surface area (Å²) >= 11 is 9.23. The molecule has 7 nitrogen and oxygen atoms in total. The number of fused-ring (bicyclic) bond motifs is 1. The number of morpholine rings is 1. The number of aryl methyl sites for hydroxylation is 2. The minimum absolute atomic E-state index is 0. The molecular formula is C20H24Cl2N4O3S2. The quantitative estimate of drug-likeness (QED) is 0.496. The van der Waals surface area contributed by atoms with Crippen LogP contribution < -0.4 is 9.64 Å². The molecule has 0 aliphatic carbocycles. The van der Waals surface area contributed by atoms with E-state index in [-0.39, 0.29) is 18.3 Å². The highest BCUT2D eigenvalue weighted by Gasteiger charge is 2.27. The molecule has 0 bridgehead atoms. The Morgan fingerprint density at radius 3 is 2.65 bits per heavy atom.